The number of nitrogens with one attached hydrogen (secondary N) is 1. The molecule has 0 unspecified atom stereocenters. The zero-order valence-corrected chi connectivity index (χ0v) is 13.3. The topological polar surface area (TPSA) is 107 Å². The van der Waals surface area contributed by atoms with Crippen LogP contribution in [-0.2, 0) is 16.6 Å². The molecule has 0 aliphatic carbocycles. The fraction of sp³-hybridized carbons (Fsp3) is 0.909. The van der Waals surface area contributed by atoms with E-state index < -0.39 is 10.0 Å². The van der Waals surface area contributed by atoms with Gasteiger partial charge in [-0.3, -0.25) is 0 Å². The molecule has 1 heterocycles. The van der Waals surface area contributed by atoms with Crippen LogP contribution < -0.4 is 5.14 Å². The van der Waals surface area contributed by atoms with Crippen LogP contribution >= 0.6 is 12.2 Å². The SMILES string of the molecule is NS(=O)(=O)CCCCCCCCCCn1[nH]nnc1=S. The number of aromatic nitrogens is 4. The molecule has 0 amide bonds. The highest BCUT2D eigenvalue weighted by Crippen LogP contribution is 2.09. The van der Waals surface area contributed by atoms with Crippen molar-refractivity contribution in [1.82, 2.24) is 20.2 Å². The lowest BCUT2D eigenvalue weighted by Crippen LogP contribution is -2.16. The molecule has 0 aliphatic heterocycles. The Labute approximate surface area is 125 Å². The third kappa shape index (κ3) is 8.39. The first-order chi connectivity index (χ1) is 9.49. The Balaban J connectivity index is 1.88. The van der Waals surface area contributed by atoms with Gasteiger partial charge < -0.3 is 0 Å². The molecule has 0 bridgehead atoms. The molecule has 0 saturated carbocycles. The number of hydrogen-bond donors (Lipinski definition) is 2. The Hall–Kier alpha value is -0.800. The standard InChI is InChI=1S/C11H23N5O2S2/c12-20(17,18)10-8-6-4-2-1-3-5-7-9-16-11(19)13-14-15-16/h1-10H2,(H2,12,17,18)(H,13,15,19). The van der Waals surface area contributed by atoms with E-state index in [1.807, 2.05) is 0 Å². The number of nitrogens with two attached hydrogens (primary N) is 1. The second-order valence-electron chi connectivity index (χ2n) is 4.93. The van der Waals surface area contributed by atoms with E-state index in [4.69, 9.17) is 17.4 Å². The van der Waals surface area contributed by atoms with E-state index in [0.717, 1.165) is 38.6 Å². The van der Waals surface area contributed by atoms with Crippen LogP contribution in [-0.4, -0.2) is 34.4 Å². The first-order valence-electron chi connectivity index (χ1n) is 6.97. The largest absolute Gasteiger partial charge is 0.242 e. The molecule has 0 fully saturated rings. The number of sulfonamides is 1. The molecule has 0 aromatic carbocycles. The van der Waals surface area contributed by atoms with Crippen LogP contribution in [0.15, 0.2) is 0 Å². The van der Waals surface area contributed by atoms with Gasteiger partial charge in [-0.05, 0) is 25.1 Å². The van der Waals surface area contributed by atoms with Crippen molar-refractivity contribution in [3.8, 4) is 0 Å². The third-order valence-corrected chi connectivity index (χ3v) is 4.25. The highest BCUT2D eigenvalue weighted by atomic mass is 32.2. The van der Waals surface area contributed by atoms with Gasteiger partial charge in [-0.25, -0.2) is 18.2 Å². The van der Waals surface area contributed by atoms with Crippen molar-refractivity contribution >= 4 is 22.2 Å². The van der Waals surface area contributed by atoms with Crippen LogP contribution in [0.1, 0.15) is 51.4 Å². The lowest BCUT2D eigenvalue weighted by Gasteiger charge is -2.02. The molecule has 0 spiro atoms. The normalized spacial score (nSPS) is 11.8. The van der Waals surface area contributed by atoms with Gasteiger partial charge in [0.05, 0.1) is 5.75 Å². The summed E-state index contributed by atoms with van der Waals surface area (Å²) in [7, 11) is -3.28. The van der Waals surface area contributed by atoms with Crippen molar-refractivity contribution < 1.29 is 8.42 Å². The number of unbranched alkanes of at least 4 members (excludes halogenated alkanes) is 7. The summed E-state index contributed by atoms with van der Waals surface area (Å²) in [4.78, 5) is 0. The maximum atomic E-state index is 10.7. The van der Waals surface area contributed by atoms with Crippen LogP contribution in [0.4, 0.5) is 0 Å². The van der Waals surface area contributed by atoms with E-state index in [9.17, 15) is 8.42 Å². The first-order valence-corrected chi connectivity index (χ1v) is 9.10. The third-order valence-electron chi connectivity index (χ3n) is 3.09. The Bertz CT molecular complexity index is 523. The van der Waals surface area contributed by atoms with Crippen molar-refractivity contribution in [1.29, 1.82) is 0 Å². The van der Waals surface area contributed by atoms with Gasteiger partial charge in [-0.15, -0.1) is 0 Å². The quantitative estimate of drug-likeness (QED) is 0.477. The summed E-state index contributed by atoms with van der Waals surface area (Å²) >= 11 is 4.98. The lowest BCUT2D eigenvalue weighted by atomic mass is 10.1. The Morgan fingerprint density at radius 3 is 2.10 bits per heavy atom. The minimum absolute atomic E-state index is 0.103. The minimum Gasteiger partial charge on any atom is -0.242 e. The average Bonchev–Trinajstić information content (AvgIpc) is 2.76. The molecule has 1 rings (SSSR count). The predicted octanol–water partition coefficient (Wildman–Crippen LogP) is 1.74. The maximum Gasteiger partial charge on any atom is 0.238 e. The van der Waals surface area contributed by atoms with Crippen LogP contribution in [0, 0.1) is 4.77 Å². The van der Waals surface area contributed by atoms with Crippen molar-refractivity contribution in [3.05, 3.63) is 4.77 Å². The molecule has 9 heteroatoms. The molecular formula is C11H23N5O2S2. The Morgan fingerprint density at radius 2 is 1.60 bits per heavy atom. The maximum absolute atomic E-state index is 10.7. The number of rotatable bonds is 11. The summed E-state index contributed by atoms with van der Waals surface area (Å²) in [5.41, 5.74) is 0. The van der Waals surface area contributed by atoms with Gasteiger partial charge in [0.2, 0.25) is 14.8 Å². The smallest absolute Gasteiger partial charge is 0.238 e. The molecule has 0 saturated heterocycles. The fourth-order valence-electron chi connectivity index (χ4n) is 2.00. The number of hydrogen-bond acceptors (Lipinski definition) is 5. The highest BCUT2D eigenvalue weighted by Gasteiger charge is 2.01. The van der Waals surface area contributed by atoms with E-state index in [1.54, 1.807) is 4.68 Å². The van der Waals surface area contributed by atoms with Crippen molar-refractivity contribution in [2.24, 2.45) is 5.14 Å². The van der Waals surface area contributed by atoms with Gasteiger partial charge in [0.15, 0.2) is 0 Å². The van der Waals surface area contributed by atoms with Crippen molar-refractivity contribution in [2.45, 2.75) is 57.9 Å². The molecule has 0 radical (unpaired) electrons. The number of H-pyrrole nitrogens is 1. The van der Waals surface area contributed by atoms with E-state index in [0.29, 0.717) is 11.2 Å². The molecule has 0 aliphatic rings. The number of primary sulfonamides is 1. The lowest BCUT2D eigenvalue weighted by molar-refractivity contribution is 0.507. The zero-order chi connectivity index (χ0) is 14.8. The molecule has 20 heavy (non-hydrogen) atoms. The fourth-order valence-corrected chi connectivity index (χ4v) is 2.77. The van der Waals surface area contributed by atoms with Crippen molar-refractivity contribution in [3.63, 3.8) is 0 Å². The van der Waals surface area contributed by atoms with Gasteiger partial charge in [-0.2, -0.15) is 5.21 Å². The number of aromatic amines is 1. The molecule has 116 valence electrons. The monoisotopic (exact) mass is 321 g/mol. The molecular weight excluding hydrogens is 298 g/mol. The Morgan fingerprint density at radius 1 is 1.05 bits per heavy atom. The zero-order valence-electron chi connectivity index (χ0n) is 11.6. The van der Waals surface area contributed by atoms with E-state index in [-0.39, 0.29) is 5.75 Å². The Kier molecular flexibility index (Phi) is 7.93. The van der Waals surface area contributed by atoms with Gasteiger partial charge in [0.1, 0.15) is 0 Å². The second-order valence-corrected chi connectivity index (χ2v) is 7.03. The van der Waals surface area contributed by atoms with E-state index in [2.05, 4.69) is 15.5 Å². The molecule has 1 aromatic rings. The average molecular weight is 321 g/mol. The second kappa shape index (κ2) is 9.19. The molecule has 0 atom stereocenters. The van der Waals surface area contributed by atoms with Crippen LogP contribution in [0.3, 0.4) is 0 Å². The van der Waals surface area contributed by atoms with Gasteiger partial charge in [-0.1, -0.05) is 48.8 Å². The highest BCUT2D eigenvalue weighted by molar-refractivity contribution is 7.89. The summed E-state index contributed by atoms with van der Waals surface area (Å²) in [5.74, 6) is 0.103. The molecule has 3 N–H and O–H groups in total. The van der Waals surface area contributed by atoms with Gasteiger partial charge in [0, 0.05) is 6.54 Å². The van der Waals surface area contributed by atoms with Crippen molar-refractivity contribution in [2.75, 3.05) is 5.75 Å². The summed E-state index contributed by atoms with van der Waals surface area (Å²) in [6.45, 7) is 0.834. The van der Waals surface area contributed by atoms with Gasteiger partial charge >= 0.3 is 0 Å². The van der Waals surface area contributed by atoms with Gasteiger partial charge in [0.25, 0.3) is 0 Å². The van der Waals surface area contributed by atoms with Crippen LogP contribution in [0.2, 0.25) is 0 Å². The predicted molar refractivity (Wildman–Crippen MR) is 80.1 cm³/mol. The van der Waals surface area contributed by atoms with Crippen LogP contribution in [0.5, 0.6) is 0 Å². The first kappa shape index (κ1) is 17.3. The summed E-state index contributed by atoms with van der Waals surface area (Å²) < 4.78 is 23.7. The molecule has 1 aromatic heterocycles. The number of nitrogens with zero attached hydrogens (tertiary/aromatic N) is 3. The van der Waals surface area contributed by atoms with Crippen LogP contribution in [0.25, 0.3) is 0 Å². The summed E-state index contributed by atoms with van der Waals surface area (Å²) in [6, 6.07) is 0. The van der Waals surface area contributed by atoms with E-state index >= 15 is 0 Å². The summed E-state index contributed by atoms with van der Waals surface area (Å²) in [5, 5.41) is 15.0. The number of tetrazole rings is 1. The minimum atomic E-state index is -3.28. The summed E-state index contributed by atoms with van der Waals surface area (Å²) in [6.07, 6.45) is 8.41. The molecule has 7 nitrogen and oxygen atoms in total. The van der Waals surface area contributed by atoms with E-state index in [1.165, 1.54) is 12.8 Å². The number of aryl methyl sites for hydroxylation is 1.